The number of hydrogen-bond donors (Lipinski definition) is 1. The molecule has 19 heavy (non-hydrogen) atoms. The lowest BCUT2D eigenvalue weighted by molar-refractivity contribution is 0.481. The van der Waals surface area contributed by atoms with Gasteiger partial charge in [-0.2, -0.15) is 0 Å². The van der Waals surface area contributed by atoms with E-state index in [0.717, 1.165) is 12.5 Å². The first-order valence-corrected chi connectivity index (χ1v) is 7.84. The fraction of sp³-hybridized carbons (Fsp3) is 0.667. The Balaban J connectivity index is 2.02. The molecule has 1 fully saturated rings. The normalized spacial score (nSPS) is 17.5. The molecular weight excluding hydrogens is 230 g/mol. The Bertz CT molecular complexity index is 381. The van der Waals surface area contributed by atoms with Gasteiger partial charge in [-0.15, -0.1) is 0 Å². The molecule has 1 heteroatoms. The van der Waals surface area contributed by atoms with E-state index in [2.05, 4.69) is 57.3 Å². The lowest BCUT2D eigenvalue weighted by Crippen LogP contribution is -2.21. The van der Waals surface area contributed by atoms with Crippen molar-refractivity contribution in [3.63, 3.8) is 0 Å². The smallest absolute Gasteiger partial charge is 0.0320 e. The molecule has 0 radical (unpaired) electrons. The first-order chi connectivity index (χ1) is 9.00. The number of benzene rings is 1. The van der Waals surface area contributed by atoms with Crippen molar-refractivity contribution in [2.24, 2.45) is 5.92 Å². The van der Waals surface area contributed by atoms with Crippen molar-refractivity contribution in [3.05, 3.63) is 35.4 Å². The average molecular weight is 259 g/mol. The van der Waals surface area contributed by atoms with Crippen LogP contribution < -0.4 is 5.32 Å². The van der Waals surface area contributed by atoms with Crippen LogP contribution in [-0.2, 0) is 5.41 Å². The highest BCUT2D eigenvalue weighted by Gasteiger charge is 2.23. The van der Waals surface area contributed by atoms with Crippen molar-refractivity contribution < 1.29 is 0 Å². The van der Waals surface area contributed by atoms with Gasteiger partial charge in [0, 0.05) is 6.04 Å². The summed E-state index contributed by atoms with van der Waals surface area (Å²) < 4.78 is 0. The Morgan fingerprint density at radius 1 is 1.16 bits per heavy atom. The van der Waals surface area contributed by atoms with Gasteiger partial charge in [0.15, 0.2) is 0 Å². The van der Waals surface area contributed by atoms with Gasteiger partial charge in [-0.05, 0) is 41.8 Å². The van der Waals surface area contributed by atoms with E-state index in [-0.39, 0.29) is 5.41 Å². The number of rotatable bonds is 6. The van der Waals surface area contributed by atoms with Gasteiger partial charge in [-0.3, -0.25) is 0 Å². The zero-order valence-corrected chi connectivity index (χ0v) is 13.0. The topological polar surface area (TPSA) is 12.0 Å². The molecule has 1 atom stereocenters. The van der Waals surface area contributed by atoms with Crippen molar-refractivity contribution >= 4 is 0 Å². The Hall–Kier alpha value is -0.820. The summed E-state index contributed by atoms with van der Waals surface area (Å²) >= 11 is 0. The molecule has 0 amide bonds. The van der Waals surface area contributed by atoms with Crippen LogP contribution in [0, 0.1) is 5.92 Å². The molecule has 0 aromatic heterocycles. The van der Waals surface area contributed by atoms with Gasteiger partial charge in [0.1, 0.15) is 0 Å². The Morgan fingerprint density at radius 3 is 2.26 bits per heavy atom. The van der Waals surface area contributed by atoms with Gasteiger partial charge < -0.3 is 5.32 Å². The van der Waals surface area contributed by atoms with Gasteiger partial charge in [-0.25, -0.2) is 0 Å². The summed E-state index contributed by atoms with van der Waals surface area (Å²) in [4.78, 5) is 0. The van der Waals surface area contributed by atoms with Crippen LogP contribution in [-0.4, -0.2) is 6.54 Å². The minimum Gasteiger partial charge on any atom is -0.310 e. The third kappa shape index (κ3) is 4.35. The van der Waals surface area contributed by atoms with Gasteiger partial charge in [0.2, 0.25) is 0 Å². The first-order valence-electron chi connectivity index (χ1n) is 7.84. The highest BCUT2D eigenvalue weighted by molar-refractivity contribution is 5.29. The Morgan fingerprint density at radius 2 is 1.79 bits per heavy atom. The van der Waals surface area contributed by atoms with Gasteiger partial charge >= 0.3 is 0 Å². The molecule has 0 aliphatic heterocycles. The predicted octanol–water partition coefficient (Wildman–Crippen LogP) is 4.82. The molecule has 1 unspecified atom stereocenters. The zero-order valence-electron chi connectivity index (χ0n) is 13.0. The van der Waals surface area contributed by atoms with Crippen LogP contribution in [0.2, 0.25) is 0 Å². The zero-order chi connectivity index (χ0) is 13.9. The summed E-state index contributed by atoms with van der Waals surface area (Å²) in [7, 11) is 0. The molecule has 0 bridgehead atoms. The molecule has 1 nitrogen and oxygen atoms in total. The molecule has 1 aliphatic rings. The predicted molar refractivity (Wildman–Crippen MR) is 83.5 cm³/mol. The monoisotopic (exact) mass is 259 g/mol. The second-order valence-electron chi connectivity index (χ2n) is 7.00. The first kappa shape index (κ1) is 14.6. The summed E-state index contributed by atoms with van der Waals surface area (Å²) in [6.07, 6.45) is 5.59. The van der Waals surface area contributed by atoms with Gasteiger partial charge in [0.05, 0.1) is 0 Å². The van der Waals surface area contributed by atoms with Crippen molar-refractivity contribution in [3.8, 4) is 0 Å². The van der Waals surface area contributed by atoms with E-state index in [1.54, 1.807) is 0 Å². The quantitative estimate of drug-likeness (QED) is 0.772. The van der Waals surface area contributed by atoms with Crippen molar-refractivity contribution in [2.75, 3.05) is 6.54 Å². The average Bonchev–Trinajstić information content (AvgIpc) is 3.17. The minimum absolute atomic E-state index is 0.250. The second kappa shape index (κ2) is 6.09. The highest BCUT2D eigenvalue weighted by Crippen LogP contribution is 2.36. The van der Waals surface area contributed by atoms with Crippen LogP contribution in [0.4, 0.5) is 0 Å². The molecule has 2 rings (SSSR count). The third-order valence-corrected chi connectivity index (χ3v) is 4.19. The van der Waals surface area contributed by atoms with E-state index >= 15 is 0 Å². The number of nitrogens with one attached hydrogen (secondary N) is 1. The molecule has 1 aromatic carbocycles. The Labute approximate surface area is 118 Å². The summed E-state index contributed by atoms with van der Waals surface area (Å²) in [5, 5.41) is 3.64. The number of hydrogen-bond acceptors (Lipinski definition) is 1. The lowest BCUT2D eigenvalue weighted by atomic mass is 9.86. The van der Waals surface area contributed by atoms with E-state index in [9.17, 15) is 0 Å². The summed E-state index contributed by atoms with van der Waals surface area (Å²) in [5.41, 5.74) is 3.13. The molecule has 0 saturated heterocycles. The van der Waals surface area contributed by atoms with Crippen LogP contribution in [0.3, 0.4) is 0 Å². The SMILES string of the molecule is CCNC(CCC1CC1)c1ccc(C(C)(C)C)cc1. The molecule has 0 heterocycles. The molecule has 1 aliphatic carbocycles. The Kier molecular flexibility index (Phi) is 4.67. The fourth-order valence-corrected chi connectivity index (χ4v) is 2.66. The summed E-state index contributed by atoms with van der Waals surface area (Å²) in [6, 6.07) is 9.79. The van der Waals surface area contributed by atoms with Crippen LogP contribution >= 0.6 is 0 Å². The molecular formula is C18H29N. The summed E-state index contributed by atoms with van der Waals surface area (Å²) in [6.45, 7) is 10.1. The minimum atomic E-state index is 0.250. The summed E-state index contributed by atoms with van der Waals surface area (Å²) in [5.74, 6) is 1.02. The molecule has 106 valence electrons. The van der Waals surface area contributed by atoms with E-state index in [4.69, 9.17) is 0 Å². The van der Waals surface area contributed by atoms with Gasteiger partial charge in [-0.1, -0.05) is 64.8 Å². The van der Waals surface area contributed by atoms with Gasteiger partial charge in [0.25, 0.3) is 0 Å². The molecule has 1 N–H and O–H groups in total. The van der Waals surface area contributed by atoms with Crippen molar-refractivity contribution in [2.45, 2.75) is 64.8 Å². The van der Waals surface area contributed by atoms with Crippen LogP contribution in [0.15, 0.2) is 24.3 Å². The van der Waals surface area contributed by atoms with E-state index in [1.165, 1.54) is 36.8 Å². The molecule has 1 aromatic rings. The maximum atomic E-state index is 3.64. The maximum absolute atomic E-state index is 3.64. The van der Waals surface area contributed by atoms with E-state index < -0.39 is 0 Å². The molecule has 1 saturated carbocycles. The largest absolute Gasteiger partial charge is 0.310 e. The third-order valence-electron chi connectivity index (χ3n) is 4.19. The second-order valence-corrected chi connectivity index (χ2v) is 7.00. The van der Waals surface area contributed by atoms with Crippen molar-refractivity contribution in [1.82, 2.24) is 5.32 Å². The van der Waals surface area contributed by atoms with Crippen LogP contribution in [0.25, 0.3) is 0 Å². The maximum Gasteiger partial charge on any atom is 0.0320 e. The fourth-order valence-electron chi connectivity index (χ4n) is 2.66. The molecule has 0 spiro atoms. The van der Waals surface area contributed by atoms with Crippen LogP contribution in [0.5, 0.6) is 0 Å². The van der Waals surface area contributed by atoms with E-state index in [0.29, 0.717) is 6.04 Å². The van der Waals surface area contributed by atoms with E-state index in [1.807, 2.05) is 0 Å². The van der Waals surface area contributed by atoms with Crippen molar-refractivity contribution in [1.29, 1.82) is 0 Å². The lowest BCUT2D eigenvalue weighted by Gasteiger charge is -2.22. The van der Waals surface area contributed by atoms with Crippen LogP contribution in [0.1, 0.15) is 70.5 Å². The standard InChI is InChI=1S/C18H29N/c1-5-19-17(13-8-14-6-7-14)15-9-11-16(12-10-15)18(2,3)4/h9-12,14,17,19H,5-8,13H2,1-4H3. The highest BCUT2D eigenvalue weighted by atomic mass is 14.9.